The van der Waals surface area contributed by atoms with E-state index in [9.17, 15) is 0 Å². The number of aliphatic imine (C=N–C) groups is 1. The van der Waals surface area contributed by atoms with Crippen molar-refractivity contribution in [1.82, 2.24) is 30.4 Å². The third kappa shape index (κ3) is 6.54. The molecule has 1 aliphatic heterocycles. The number of halogens is 1. The van der Waals surface area contributed by atoms with E-state index in [0.29, 0.717) is 18.6 Å². The summed E-state index contributed by atoms with van der Waals surface area (Å²) in [4.78, 5) is 15.5. The molecule has 3 heterocycles. The number of ether oxygens (including phenoxy) is 1. The van der Waals surface area contributed by atoms with E-state index in [1.807, 2.05) is 19.3 Å². The standard InChI is InChI=1S/C22H33N7O.HI/c1-16-3-5-19(6-4-16)30-20-13-17(7-10-24-20)14-25-22(23-2)29-11-8-18(9-12-29)21-26-15-27-28-21;/h7,10,13,15-16,18-19H,3-6,8-9,11-12,14H2,1-2H3,(H,23,25)(H,26,27,28);1H. The van der Waals surface area contributed by atoms with Crippen molar-refractivity contribution in [1.29, 1.82) is 0 Å². The summed E-state index contributed by atoms with van der Waals surface area (Å²) in [5.74, 6) is 3.93. The zero-order valence-corrected chi connectivity index (χ0v) is 20.8. The fraction of sp³-hybridized carbons (Fsp3) is 0.636. The Morgan fingerprint density at radius 3 is 2.65 bits per heavy atom. The molecule has 0 unspecified atom stereocenters. The van der Waals surface area contributed by atoms with Crippen molar-refractivity contribution in [2.24, 2.45) is 10.9 Å². The Morgan fingerprint density at radius 1 is 1.19 bits per heavy atom. The maximum atomic E-state index is 6.15. The van der Waals surface area contributed by atoms with Gasteiger partial charge in [-0.15, -0.1) is 24.0 Å². The van der Waals surface area contributed by atoms with Crippen molar-refractivity contribution in [3.63, 3.8) is 0 Å². The molecule has 2 aromatic rings. The molecule has 1 aliphatic carbocycles. The van der Waals surface area contributed by atoms with Gasteiger partial charge in [0.2, 0.25) is 5.88 Å². The number of H-pyrrole nitrogens is 1. The van der Waals surface area contributed by atoms with Crippen LogP contribution in [0.5, 0.6) is 5.88 Å². The maximum absolute atomic E-state index is 6.15. The third-order valence-corrected chi connectivity index (χ3v) is 6.33. The number of hydrogen-bond acceptors (Lipinski definition) is 5. The summed E-state index contributed by atoms with van der Waals surface area (Å²) >= 11 is 0. The third-order valence-electron chi connectivity index (χ3n) is 6.33. The largest absolute Gasteiger partial charge is 0.474 e. The number of nitrogens with zero attached hydrogens (tertiary/aromatic N) is 5. The molecule has 0 amide bonds. The SMILES string of the molecule is CN=C(NCc1ccnc(OC2CCC(C)CC2)c1)N1CCC(c2ncn[nH]2)CC1.I. The molecule has 0 bridgehead atoms. The van der Waals surface area contributed by atoms with Gasteiger partial charge in [-0.1, -0.05) is 6.92 Å². The lowest BCUT2D eigenvalue weighted by Gasteiger charge is -2.33. The highest BCUT2D eigenvalue weighted by Gasteiger charge is 2.24. The van der Waals surface area contributed by atoms with Crippen LogP contribution in [-0.4, -0.2) is 57.3 Å². The van der Waals surface area contributed by atoms with Crippen molar-refractivity contribution < 1.29 is 4.74 Å². The lowest BCUT2D eigenvalue weighted by Crippen LogP contribution is -2.45. The van der Waals surface area contributed by atoms with Crippen LogP contribution in [0, 0.1) is 5.92 Å². The summed E-state index contributed by atoms with van der Waals surface area (Å²) in [7, 11) is 1.84. The first-order chi connectivity index (χ1) is 14.7. The summed E-state index contributed by atoms with van der Waals surface area (Å²) in [6.45, 7) is 4.94. The van der Waals surface area contributed by atoms with Crippen molar-refractivity contribution >= 4 is 29.9 Å². The van der Waals surface area contributed by atoms with Crippen molar-refractivity contribution in [2.75, 3.05) is 20.1 Å². The van der Waals surface area contributed by atoms with E-state index >= 15 is 0 Å². The minimum Gasteiger partial charge on any atom is -0.474 e. The molecule has 9 heteroatoms. The molecule has 2 aliphatic rings. The molecule has 1 saturated carbocycles. The van der Waals surface area contributed by atoms with Gasteiger partial charge in [0.15, 0.2) is 5.96 Å². The second kappa shape index (κ2) is 11.6. The number of nitrogens with one attached hydrogen (secondary N) is 2. The molecule has 2 aromatic heterocycles. The predicted molar refractivity (Wildman–Crippen MR) is 132 cm³/mol. The van der Waals surface area contributed by atoms with E-state index in [1.165, 1.54) is 12.8 Å². The Hall–Kier alpha value is -1.91. The van der Waals surface area contributed by atoms with Gasteiger partial charge < -0.3 is 15.0 Å². The van der Waals surface area contributed by atoms with E-state index in [4.69, 9.17) is 4.74 Å². The lowest BCUT2D eigenvalue weighted by molar-refractivity contribution is 0.130. The molecule has 0 spiro atoms. The molecule has 0 radical (unpaired) electrons. The normalized spacial score (nSPS) is 22.6. The lowest BCUT2D eigenvalue weighted by atomic mass is 9.89. The summed E-state index contributed by atoms with van der Waals surface area (Å²) in [6.07, 6.45) is 10.6. The first kappa shape index (κ1) is 23.7. The van der Waals surface area contributed by atoms with Crippen molar-refractivity contribution in [2.45, 2.75) is 64.0 Å². The summed E-state index contributed by atoms with van der Waals surface area (Å²) in [5, 5.41) is 10.5. The van der Waals surface area contributed by atoms with Gasteiger partial charge in [-0.25, -0.2) is 9.97 Å². The second-order valence-corrected chi connectivity index (χ2v) is 8.53. The van der Waals surface area contributed by atoms with Crippen LogP contribution in [0.3, 0.4) is 0 Å². The van der Waals surface area contributed by atoms with E-state index in [2.05, 4.69) is 48.4 Å². The van der Waals surface area contributed by atoms with Gasteiger partial charge in [0.1, 0.15) is 18.3 Å². The summed E-state index contributed by atoms with van der Waals surface area (Å²) in [6, 6.07) is 4.08. The molecule has 31 heavy (non-hydrogen) atoms. The Kier molecular flexibility index (Phi) is 8.91. The first-order valence-electron chi connectivity index (χ1n) is 11.1. The molecule has 2 N–H and O–H groups in total. The van der Waals surface area contributed by atoms with Crippen LogP contribution >= 0.6 is 24.0 Å². The molecule has 4 rings (SSSR count). The van der Waals surface area contributed by atoms with Gasteiger partial charge in [-0.05, 0) is 56.1 Å². The van der Waals surface area contributed by atoms with E-state index in [0.717, 1.165) is 67.9 Å². The number of aromatic nitrogens is 4. The maximum Gasteiger partial charge on any atom is 0.213 e. The van der Waals surface area contributed by atoms with Gasteiger partial charge in [0, 0.05) is 44.9 Å². The van der Waals surface area contributed by atoms with E-state index in [1.54, 1.807) is 6.33 Å². The van der Waals surface area contributed by atoms with Crippen molar-refractivity contribution in [3.8, 4) is 5.88 Å². The smallest absolute Gasteiger partial charge is 0.213 e. The average Bonchev–Trinajstić information content (AvgIpc) is 3.32. The minimum atomic E-state index is 0. The quantitative estimate of drug-likeness (QED) is 0.342. The number of guanidine groups is 1. The summed E-state index contributed by atoms with van der Waals surface area (Å²) in [5.41, 5.74) is 1.15. The van der Waals surface area contributed by atoms with Gasteiger partial charge in [0.25, 0.3) is 0 Å². The Bertz CT molecular complexity index is 813. The van der Waals surface area contributed by atoms with Crippen LogP contribution in [0.2, 0.25) is 0 Å². The molecule has 1 saturated heterocycles. The van der Waals surface area contributed by atoms with Crippen LogP contribution < -0.4 is 10.1 Å². The van der Waals surface area contributed by atoms with Gasteiger partial charge >= 0.3 is 0 Å². The Morgan fingerprint density at radius 2 is 1.97 bits per heavy atom. The number of piperidine rings is 1. The number of likely N-dealkylation sites (tertiary alicyclic amines) is 1. The zero-order chi connectivity index (χ0) is 20.8. The van der Waals surface area contributed by atoms with Crippen LogP contribution in [0.1, 0.15) is 62.8 Å². The topological polar surface area (TPSA) is 91.3 Å². The zero-order valence-electron chi connectivity index (χ0n) is 18.5. The van der Waals surface area contributed by atoms with Crippen LogP contribution in [0.4, 0.5) is 0 Å². The fourth-order valence-electron chi connectivity index (χ4n) is 4.43. The molecule has 0 atom stereocenters. The molecular formula is C22H34IN7O. The minimum absolute atomic E-state index is 0. The first-order valence-corrected chi connectivity index (χ1v) is 11.1. The van der Waals surface area contributed by atoms with Crippen LogP contribution in [-0.2, 0) is 6.54 Å². The number of rotatable bonds is 5. The van der Waals surface area contributed by atoms with Gasteiger partial charge in [-0.3, -0.25) is 10.1 Å². The number of aromatic amines is 1. The highest BCUT2D eigenvalue weighted by atomic mass is 127. The highest BCUT2D eigenvalue weighted by molar-refractivity contribution is 14.0. The molecule has 170 valence electrons. The highest BCUT2D eigenvalue weighted by Crippen LogP contribution is 2.27. The second-order valence-electron chi connectivity index (χ2n) is 8.53. The average molecular weight is 539 g/mol. The predicted octanol–water partition coefficient (Wildman–Crippen LogP) is 3.73. The monoisotopic (exact) mass is 539 g/mol. The fourth-order valence-corrected chi connectivity index (χ4v) is 4.43. The summed E-state index contributed by atoms with van der Waals surface area (Å²) < 4.78 is 6.15. The number of hydrogen-bond donors (Lipinski definition) is 2. The molecule has 8 nitrogen and oxygen atoms in total. The Balaban J connectivity index is 0.00000272. The molecule has 2 fully saturated rings. The Labute approximate surface area is 201 Å². The van der Waals surface area contributed by atoms with Crippen molar-refractivity contribution in [3.05, 3.63) is 36.0 Å². The van der Waals surface area contributed by atoms with Gasteiger partial charge in [0.05, 0.1) is 0 Å². The van der Waals surface area contributed by atoms with Crippen LogP contribution in [0.15, 0.2) is 29.6 Å². The van der Waals surface area contributed by atoms with Crippen LogP contribution in [0.25, 0.3) is 0 Å². The van der Waals surface area contributed by atoms with E-state index in [-0.39, 0.29) is 24.0 Å². The van der Waals surface area contributed by atoms with E-state index < -0.39 is 0 Å². The number of pyridine rings is 1. The molecule has 0 aromatic carbocycles. The molecular weight excluding hydrogens is 505 g/mol. The van der Waals surface area contributed by atoms with Gasteiger partial charge in [-0.2, -0.15) is 5.10 Å².